The van der Waals surface area contributed by atoms with E-state index in [1.165, 1.54) is 41.0 Å². The van der Waals surface area contributed by atoms with E-state index in [1.54, 1.807) is 0 Å². The Hall–Kier alpha value is -0.680. The Kier molecular flexibility index (Phi) is 4.79. The van der Waals surface area contributed by atoms with E-state index in [4.69, 9.17) is 0 Å². The number of hydrogen-bond donors (Lipinski definition) is 1. The summed E-state index contributed by atoms with van der Waals surface area (Å²) < 4.78 is 0. The zero-order valence-electron chi connectivity index (χ0n) is 12.9. The van der Waals surface area contributed by atoms with Gasteiger partial charge in [0.05, 0.1) is 0 Å². The number of nitrogens with zero attached hydrogens (tertiary/aromatic N) is 1. The van der Waals surface area contributed by atoms with Crippen molar-refractivity contribution in [2.45, 2.75) is 37.8 Å². The van der Waals surface area contributed by atoms with Gasteiger partial charge in [-0.1, -0.05) is 18.9 Å². The lowest BCUT2D eigenvalue weighted by Crippen LogP contribution is -2.49. The lowest BCUT2D eigenvalue weighted by Gasteiger charge is -2.36. The Morgan fingerprint density at radius 1 is 1.24 bits per heavy atom. The van der Waals surface area contributed by atoms with Crippen LogP contribution < -0.4 is 5.32 Å². The van der Waals surface area contributed by atoms with Gasteiger partial charge in [0, 0.05) is 33.9 Å². The maximum absolute atomic E-state index is 3.70. The molecule has 1 N–H and O–H groups in total. The van der Waals surface area contributed by atoms with Crippen LogP contribution in [0.15, 0.2) is 29.0 Å². The van der Waals surface area contributed by atoms with Crippen LogP contribution in [0.1, 0.15) is 30.6 Å². The molecule has 0 aromatic carbocycles. The maximum Gasteiger partial charge on any atom is 0.0351 e. The first-order valence-corrected chi connectivity index (χ1v) is 9.45. The Morgan fingerprint density at radius 2 is 2.05 bits per heavy atom. The molecule has 1 saturated carbocycles. The number of thiophene rings is 2. The summed E-state index contributed by atoms with van der Waals surface area (Å²) in [6.45, 7) is 2.10. The van der Waals surface area contributed by atoms with Crippen molar-refractivity contribution in [3.05, 3.63) is 33.8 Å². The molecule has 0 radical (unpaired) electrons. The van der Waals surface area contributed by atoms with E-state index in [0.29, 0.717) is 5.54 Å². The second-order valence-electron chi connectivity index (χ2n) is 6.21. The number of hydrogen-bond acceptors (Lipinski definition) is 4. The minimum absolute atomic E-state index is 0.383. The zero-order chi connectivity index (χ0) is 14.7. The minimum atomic E-state index is 0.383. The molecule has 21 heavy (non-hydrogen) atoms. The van der Waals surface area contributed by atoms with Crippen LogP contribution in [0, 0.1) is 0 Å². The van der Waals surface area contributed by atoms with Gasteiger partial charge in [0.25, 0.3) is 0 Å². The molecule has 1 aliphatic rings. The van der Waals surface area contributed by atoms with Crippen molar-refractivity contribution >= 4 is 22.7 Å². The molecule has 2 heterocycles. The molecule has 4 heteroatoms. The molecule has 3 rings (SSSR count). The number of likely N-dealkylation sites (N-methyl/N-ethyl adjacent to an activating group) is 1. The van der Waals surface area contributed by atoms with E-state index in [0.717, 1.165) is 13.1 Å². The second kappa shape index (κ2) is 6.61. The third-order valence-electron chi connectivity index (χ3n) is 4.70. The lowest BCUT2D eigenvalue weighted by molar-refractivity contribution is 0.154. The Morgan fingerprint density at radius 3 is 2.71 bits per heavy atom. The van der Waals surface area contributed by atoms with Gasteiger partial charge in [-0.25, -0.2) is 0 Å². The first-order valence-electron chi connectivity index (χ1n) is 7.69. The van der Waals surface area contributed by atoms with Crippen molar-refractivity contribution < 1.29 is 0 Å². The van der Waals surface area contributed by atoms with Crippen LogP contribution in [0.3, 0.4) is 0 Å². The van der Waals surface area contributed by atoms with Crippen LogP contribution in [0.25, 0.3) is 10.4 Å². The summed E-state index contributed by atoms with van der Waals surface area (Å²) in [5.74, 6) is 0. The van der Waals surface area contributed by atoms with E-state index in [-0.39, 0.29) is 0 Å². The summed E-state index contributed by atoms with van der Waals surface area (Å²) in [4.78, 5) is 5.24. The van der Waals surface area contributed by atoms with Gasteiger partial charge < -0.3 is 10.2 Å². The van der Waals surface area contributed by atoms with E-state index in [2.05, 4.69) is 53.3 Å². The first kappa shape index (κ1) is 15.2. The van der Waals surface area contributed by atoms with E-state index in [9.17, 15) is 0 Å². The minimum Gasteiger partial charge on any atom is -0.310 e. The fourth-order valence-corrected chi connectivity index (χ4v) is 4.92. The topological polar surface area (TPSA) is 15.3 Å². The normalized spacial score (nSPS) is 17.7. The van der Waals surface area contributed by atoms with E-state index < -0.39 is 0 Å². The van der Waals surface area contributed by atoms with Crippen molar-refractivity contribution in [3.63, 3.8) is 0 Å². The van der Waals surface area contributed by atoms with Crippen LogP contribution in [-0.2, 0) is 6.54 Å². The van der Waals surface area contributed by atoms with Crippen LogP contribution in [0.5, 0.6) is 0 Å². The molecule has 0 unspecified atom stereocenters. The zero-order valence-corrected chi connectivity index (χ0v) is 14.5. The van der Waals surface area contributed by atoms with Gasteiger partial charge in [-0.15, -0.1) is 22.7 Å². The van der Waals surface area contributed by atoms with Gasteiger partial charge in [0.2, 0.25) is 0 Å². The second-order valence-corrected chi connectivity index (χ2v) is 8.15. The third kappa shape index (κ3) is 3.39. The van der Waals surface area contributed by atoms with Gasteiger partial charge in [0.15, 0.2) is 0 Å². The fraction of sp³-hybridized carbons (Fsp3) is 0.529. The average molecular weight is 321 g/mol. The van der Waals surface area contributed by atoms with Gasteiger partial charge in [-0.05, 0) is 49.8 Å². The molecule has 0 aliphatic heterocycles. The Balaban J connectivity index is 1.56. The van der Waals surface area contributed by atoms with Gasteiger partial charge in [-0.2, -0.15) is 0 Å². The molecule has 0 bridgehead atoms. The third-order valence-corrected chi connectivity index (χ3v) is 6.55. The van der Waals surface area contributed by atoms with Crippen molar-refractivity contribution in [1.82, 2.24) is 10.2 Å². The number of nitrogens with one attached hydrogen (secondary N) is 1. The predicted octanol–water partition coefficient (Wildman–Crippen LogP) is 4.44. The van der Waals surface area contributed by atoms with Gasteiger partial charge in [-0.3, -0.25) is 0 Å². The first-order chi connectivity index (χ1) is 10.2. The van der Waals surface area contributed by atoms with Gasteiger partial charge in [0.1, 0.15) is 0 Å². The highest BCUT2D eigenvalue weighted by molar-refractivity contribution is 7.14. The van der Waals surface area contributed by atoms with Crippen molar-refractivity contribution in [1.29, 1.82) is 0 Å². The highest BCUT2D eigenvalue weighted by atomic mass is 32.1. The van der Waals surface area contributed by atoms with Gasteiger partial charge >= 0.3 is 0 Å². The molecule has 0 saturated heterocycles. The summed E-state index contributed by atoms with van der Waals surface area (Å²) in [5, 5.41) is 8.12. The molecule has 1 fully saturated rings. The monoisotopic (exact) mass is 320 g/mol. The summed E-state index contributed by atoms with van der Waals surface area (Å²) in [6.07, 6.45) is 5.42. The predicted molar refractivity (Wildman–Crippen MR) is 94.2 cm³/mol. The quantitative estimate of drug-likeness (QED) is 0.846. The summed E-state index contributed by atoms with van der Waals surface area (Å²) in [6, 6.07) is 6.65. The molecule has 0 amide bonds. The SMILES string of the molecule is CN(C)C1(CNCc2cc(-c3cccs3)cs2)CCCC1. The maximum atomic E-state index is 3.70. The van der Waals surface area contributed by atoms with Crippen molar-refractivity contribution in [2.75, 3.05) is 20.6 Å². The highest BCUT2D eigenvalue weighted by Gasteiger charge is 2.35. The number of rotatable bonds is 6. The molecule has 2 aromatic heterocycles. The molecular formula is C17H24N2S2. The smallest absolute Gasteiger partial charge is 0.0351 e. The molecule has 114 valence electrons. The molecule has 1 aliphatic carbocycles. The van der Waals surface area contributed by atoms with E-state index in [1.807, 2.05) is 22.7 Å². The molecule has 0 atom stereocenters. The Labute approximate surface area is 135 Å². The summed E-state index contributed by atoms with van der Waals surface area (Å²) in [7, 11) is 4.46. The fourth-order valence-electron chi connectivity index (χ4n) is 3.28. The summed E-state index contributed by atoms with van der Waals surface area (Å²) >= 11 is 3.68. The lowest BCUT2D eigenvalue weighted by atomic mass is 9.96. The van der Waals surface area contributed by atoms with Crippen LogP contribution >= 0.6 is 22.7 Å². The molecule has 2 aromatic rings. The van der Waals surface area contributed by atoms with E-state index >= 15 is 0 Å². The average Bonchev–Trinajstić information content (AvgIpc) is 3.21. The Bertz CT molecular complexity index is 551. The van der Waals surface area contributed by atoms with Crippen molar-refractivity contribution in [3.8, 4) is 10.4 Å². The van der Waals surface area contributed by atoms with Crippen LogP contribution in [0.2, 0.25) is 0 Å². The molecular weight excluding hydrogens is 296 g/mol. The highest BCUT2D eigenvalue weighted by Crippen LogP contribution is 2.33. The van der Waals surface area contributed by atoms with Crippen molar-refractivity contribution in [2.24, 2.45) is 0 Å². The van der Waals surface area contributed by atoms with Crippen LogP contribution in [-0.4, -0.2) is 31.1 Å². The largest absolute Gasteiger partial charge is 0.310 e. The summed E-state index contributed by atoms with van der Waals surface area (Å²) in [5.41, 5.74) is 1.75. The standard InChI is InChI=1S/C17H24N2S2/c1-19(2)17(7-3-4-8-17)13-18-11-15-10-14(12-21-15)16-6-5-9-20-16/h5-6,9-10,12,18H,3-4,7-8,11,13H2,1-2H3. The van der Waals surface area contributed by atoms with Crippen LogP contribution in [0.4, 0.5) is 0 Å². The molecule has 0 spiro atoms. The molecule has 2 nitrogen and oxygen atoms in total.